The van der Waals surface area contributed by atoms with Crippen LogP contribution in [0.2, 0.25) is 0 Å². The SMILES string of the molecule is CNC(=CC=[NH+]Cc1ccccc1)C(F)F. The van der Waals surface area contributed by atoms with Crippen LogP contribution in [0.4, 0.5) is 8.78 Å². The van der Waals surface area contributed by atoms with Crippen LogP contribution in [-0.4, -0.2) is 19.7 Å². The lowest BCUT2D eigenvalue weighted by molar-refractivity contribution is -0.469. The number of hydrogen-bond acceptors (Lipinski definition) is 1. The Kier molecular flexibility index (Phi) is 5.19. The van der Waals surface area contributed by atoms with Crippen LogP contribution < -0.4 is 10.3 Å². The Morgan fingerprint density at radius 2 is 2.06 bits per heavy atom. The van der Waals surface area contributed by atoms with E-state index < -0.39 is 6.43 Å². The van der Waals surface area contributed by atoms with Crippen molar-refractivity contribution < 1.29 is 13.8 Å². The largest absolute Gasteiger partial charge is 0.387 e. The number of allylic oxidation sites excluding steroid dienone is 2. The van der Waals surface area contributed by atoms with Gasteiger partial charge < -0.3 is 5.32 Å². The van der Waals surface area contributed by atoms with Crippen molar-refractivity contribution in [2.75, 3.05) is 7.05 Å². The molecule has 0 heterocycles. The number of halogens is 2. The lowest BCUT2D eigenvalue weighted by Crippen LogP contribution is -2.66. The van der Waals surface area contributed by atoms with Crippen LogP contribution in [0.1, 0.15) is 5.56 Å². The van der Waals surface area contributed by atoms with E-state index in [1.54, 1.807) is 0 Å². The molecule has 1 aromatic rings. The molecule has 2 nitrogen and oxygen atoms in total. The zero-order chi connectivity index (χ0) is 11.8. The number of rotatable bonds is 5. The molecular weight excluding hydrogens is 210 g/mol. The van der Waals surface area contributed by atoms with Gasteiger partial charge in [-0.15, -0.1) is 0 Å². The summed E-state index contributed by atoms with van der Waals surface area (Å²) >= 11 is 0. The van der Waals surface area contributed by atoms with E-state index in [2.05, 4.69) is 10.3 Å². The van der Waals surface area contributed by atoms with Crippen molar-refractivity contribution in [2.24, 2.45) is 0 Å². The highest BCUT2D eigenvalue weighted by atomic mass is 19.3. The molecule has 0 saturated carbocycles. The molecule has 86 valence electrons. The highest BCUT2D eigenvalue weighted by Crippen LogP contribution is 2.01. The zero-order valence-corrected chi connectivity index (χ0v) is 9.08. The van der Waals surface area contributed by atoms with Crippen LogP contribution in [-0.2, 0) is 6.54 Å². The van der Waals surface area contributed by atoms with Gasteiger partial charge in [-0.2, -0.15) is 0 Å². The molecule has 0 aliphatic rings. The van der Waals surface area contributed by atoms with Gasteiger partial charge in [0.2, 0.25) is 0 Å². The molecule has 0 aromatic heterocycles. The molecule has 0 radical (unpaired) electrons. The quantitative estimate of drug-likeness (QED) is 0.709. The summed E-state index contributed by atoms with van der Waals surface area (Å²) < 4.78 is 24.5. The van der Waals surface area contributed by atoms with E-state index in [9.17, 15) is 8.78 Å². The van der Waals surface area contributed by atoms with E-state index in [0.29, 0.717) is 6.54 Å². The molecule has 4 heteroatoms. The van der Waals surface area contributed by atoms with Crippen molar-refractivity contribution in [1.82, 2.24) is 5.32 Å². The number of nitrogens with one attached hydrogen (secondary N) is 2. The standard InChI is InChI=1S/C12H14F2N2/c1-15-11(12(13)14)7-8-16-9-10-5-3-2-4-6-10/h2-8,12,15H,9H2,1H3/p+1. The van der Waals surface area contributed by atoms with Crippen LogP contribution in [0.25, 0.3) is 0 Å². The van der Waals surface area contributed by atoms with Crippen LogP contribution in [0.3, 0.4) is 0 Å². The highest BCUT2D eigenvalue weighted by Gasteiger charge is 2.07. The van der Waals surface area contributed by atoms with Crippen molar-refractivity contribution in [3.8, 4) is 0 Å². The van der Waals surface area contributed by atoms with Crippen molar-refractivity contribution in [1.29, 1.82) is 0 Å². The summed E-state index contributed by atoms with van der Waals surface area (Å²) in [6, 6.07) is 9.74. The molecule has 0 unspecified atom stereocenters. The molecular formula is C12H15F2N2+. The predicted octanol–water partition coefficient (Wildman–Crippen LogP) is 0.706. The van der Waals surface area contributed by atoms with Crippen LogP contribution in [0.5, 0.6) is 0 Å². The Morgan fingerprint density at radius 3 is 2.62 bits per heavy atom. The van der Waals surface area contributed by atoms with Gasteiger partial charge in [0, 0.05) is 18.7 Å². The van der Waals surface area contributed by atoms with E-state index >= 15 is 0 Å². The second-order valence-electron chi connectivity index (χ2n) is 3.21. The minimum atomic E-state index is -2.47. The summed E-state index contributed by atoms with van der Waals surface area (Å²) in [4.78, 5) is 2.95. The normalized spacial score (nSPS) is 12.4. The summed E-state index contributed by atoms with van der Waals surface area (Å²) in [5, 5.41) is 2.44. The monoisotopic (exact) mass is 225 g/mol. The van der Waals surface area contributed by atoms with Gasteiger partial charge in [0.05, 0.1) is 5.70 Å². The van der Waals surface area contributed by atoms with Gasteiger partial charge in [-0.1, -0.05) is 30.3 Å². The lowest BCUT2D eigenvalue weighted by Gasteiger charge is -2.01. The Balaban J connectivity index is 2.49. The Bertz CT molecular complexity index is 359. The number of hydrogen-bond donors (Lipinski definition) is 2. The van der Waals surface area contributed by atoms with Gasteiger partial charge in [0.15, 0.2) is 12.8 Å². The second kappa shape index (κ2) is 6.71. The first-order valence-corrected chi connectivity index (χ1v) is 5.00. The summed E-state index contributed by atoms with van der Waals surface area (Å²) in [7, 11) is 1.48. The fourth-order valence-electron chi connectivity index (χ4n) is 1.19. The lowest BCUT2D eigenvalue weighted by atomic mass is 10.2. The fraction of sp³-hybridized carbons (Fsp3) is 0.250. The first-order chi connectivity index (χ1) is 7.74. The molecule has 0 atom stereocenters. The highest BCUT2D eigenvalue weighted by molar-refractivity contribution is 5.66. The van der Waals surface area contributed by atoms with Crippen LogP contribution >= 0.6 is 0 Å². The van der Waals surface area contributed by atoms with Gasteiger partial charge in [0.1, 0.15) is 0 Å². The van der Waals surface area contributed by atoms with Crippen molar-refractivity contribution in [3.05, 3.63) is 47.7 Å². The van der Waals surface area contributed by atoms with Gasteiger partial charge >= 0.3 is 0 Å². The minimum Gasteiger partial charge on any atom is -0.387 e. The van der Waals surface area contributed by atoms with Crippen LogP contribution in [0, 0.1) is 0 Å². The molecule has 0 saturated heterocycles. The van der Waals surface area contributed by atoms with Gasteiger partial charge in [-0.25, -0.2) is 13.8 Å². The van der Waals surface area contributed by atoms with E-state index in [1.165, 1.54) is 19.3 Å². The first kappa shape index (κ1) is 12.4. The molecule has 0 aliphatic carbocycles. The molecule has 0 bridgehead atoms. The molecule has 2 N–H and O–H groups in total. The van der Waals surface area contributed by atoms with E-state index in [4.69, 9.17) is 0 Å². The van der Waals surface area contributed by atoms with E-state index in [0.717, 1.165) is 5.56 Å². The maximum Gasteiger partial charge on any atom is 0.278 e. The third-order valence-electron chi connectivity index (χ3n) is 2.05. The first-order valence-electron chi connectivity index (χ1n) is 5.00. The third-order valence-corrected chi connectivity index (χ3v) is 2.05. The maximum absolute atomic E-state index is 12.3. The number of alkyl halides is 2. The Hall–Kier alpha value is -1.71. The minimum absolute atomic E-state index is 0.0967. The maximum atomic E-state index is 12.3. The van der Waals surface area contributed by atoms with Crippen molar-refractivity contribution in [3.63, 3.8) is 0 Å². The van der Waals surface area contributed by atoms with Gasteiger partial charge in [0.25, 0.3) is 6.43 Å². The molecule has 1 rings (SSSR count). The second-order valence-corrected chi connectivity index (χ2v) is 3.21. The molecule has 16 heavy (non-hydrogen) atoms. The smallest absolute Gasteiger partial charge is 0.278 e. The van der Waals surface area contributed by atoms with Gasteiger partial charge in [-0.05, 0) is 0 Å². The summed E-state index contributed by atoms with van der Waals surface area (Å²) in [6.45, 7) is 0.623. The summed E-state index contributed by atoms with van der Waals surface area (Å²) in [5.41, 5.74) is 1.01. The van der Waals surface area contributed by atoms with Crippen LogP contribution in [0.15, 0.2) is 42.1 Å². The topological polar surface area (TPSA) is 26.0 Å². The number of benzene rings is 1. The third kappa shape index (κ3) is 4.21. The summed E-state index contributed by atoms with van der Waals surface area (Å²) in [6.07, 6.45) is 0.387. The Labute approximate surface area is 93.7 Å². The van der Waals surface area contributed by atoms with Crippen molar-refractivity contribution >= 4 is 6.21 Å². The average Bonchev–Trinajstić information content (AvgIpc) is 2.30. The Morgan fingerprint density at radius 1 is 1.38 bits per heavy atom. The van der Waals surface area contributed by atoms with E-state index in [-0.39, 0.29) is 5.70 Å². The zero-order valence-electron chi connectivity index (χ0n) is 9.08. The fourth-order valence-corrected chi connectivity index (χ4v) is 1.19. The molecule has 0 fully saturated rings. The van der Waals surface area contributed by atoms with E-state index in [1.807, 2.05) is 30.3 Å². The average molecular weight is 225 g/mol. The summed E-state index contributed by atoms with van der Waals surface area (Å²) in [5.74, 6) is 0. The molecule has 0 aliphatic heterocycles. The molecule has 1 aromatic carbocycles. The van der Waals surface area contributed by atoms with Gasteiger partial charge in [-0.3, -0.25) is 0 Å². The molecule has 0 spiro atoms. The van der Waals surface area contributed by atoms with Crippen molar-refractivity contribution in [2.45, 2.75) is 13.0 Å². The molecule has 0 amide bonds. The predicted molar refractivity (Wildman–Crippen MR) is 60.3 cm³/mol.